The smallest absolute Gasteiger partial charge is 0.221 e. The number of fused-ring (bicyclic) bond motifs is 2. The van der Waals surface area contributed by atoms with Crippen molar-refractivity contribution in [3.05, 3.63) is 39.1 Å². The van der Waals surface area contributed by atoms with E-state index in [1.165, 1.54) is 15.3 Å². The van der Waals surface area contributed by atoms with Gasteiger partial charge in [0.2, 0.25) is 5.91 Å². The third-order valence-electron chi connectivity index (χ3n) is 4.00. The number of nitrogens with zero attached hydrogens (tertiary/aromatic N) is 1. The van der Waals surface area contributed by atoms with Crippen molar-refractivity contribution in [1.29, 1.82) is 0 Å². The van der Waals surface area contributed by atoms with Gasteiger partial charge in [-0.3, -0.25) is 9.79 Å². The van der Waals surface area contributed by atoms with Crippen LogP contribution in [0.25, 0.3) is 0 Å². The van der Waals surface area contributed by atoms with Gasteiger partial charge in [-0.05, 0) is 24.9 Å². The lowest BCUT2D eigenvalue weighted by molar-refractivity contribution is -0.114. The summed E-state index contributed by atoms with van der Waals surface area (Å²) < 4.78 is 0. The highest BCUT2D eigenvalue weighted by Gasteiger charge is 2.31. The lowest BCUT2D eigenvalue weighted by atomic mass is 10.0. The number of carbonyl (C=O) groups is 1. The van der Waals surface area contributed by atoms with Crippen LogP contribution in [0.5, 0.6) is 0 Å². The quantitative estimate of drug-likeness (QED) is 0.876. The van der Waals surface area contributed by atoms with E-state index in [-0.39, 0.29) is 11.9 Å². The SMILES string of the molecule is CC(=O)Nc1sc2c(c1C1=NC3CC=CC=C3S1)CCNC2. The Morgan fingerprint density at radius 2 is 2.41 bits per heavy atom. The van der Waals surface area contributed by atoms with Gasteiger partial charge >= 0.3 is 0 Å². The average molecular weight is 331 g/mol. The molecule has 0 bridgehead atoms. The minimum absolute atomic E-state index is 0.0188. The molecule has 1 atom stereocenters. The predicted molar refractivity (Wildman–Crippen MR) is 93.8 cm³/mol. The molecule has 6 heteroatoms. The van der Waals surface area contributed by atoms with Crippen LogP contribution >= 0.6 is 23.1 Å². The van der Waals surface area contributed by atoms with E-state index < -0.39 is 0 Å². The molecule has 3 heterocycles. The number of nitrogens with one attached hydrogen (secondary N) is 2. The van der Waals surface area contributed by atoms with Crippen LogP contribution in [0.1, 0.15) is 29.3 Å². The van der Waals surface area contributed by atoms with Gasteiger partial charge in [0.05, 0.1) is 6.04 Å². The second kappa shape index (κ2) is 5.68. The van der Waals surface area contributed by atoms with Crippen molar-refractivity contribution in [2.24, 2.45) is 4.99 Å². The van der Waals surface area contributed by atoms with Gasteiger partial charge < -0.3 is 10.6 Å². The topological polar surface area (TPSA) is 53.5 Å². The third-order valence-corrected chi connectivity index (χ3v) is 6.30. The van der Waals surface area contributed by atoms with Gasteiger partial charge in [0.1, 0.15) is 10.0 Å². The number of hydrogen-bond acceptors (Lipinski definition) is 5. The first-order valence-corrected chi connectivity index (χ1v) is 9.11. The molecule has 1 aromatic heterocycles. The lowest BCUT2D eigenvalue weighted by Gasteiger charge is -2.14. The zero-order valence-electron chi connectivity index (χ0n) is 12.3. The van der Waals surface area contributed by atoms with E-state index in [9.17, 15) is 4.79 Å². The van der Waals surface area contributed by atoms with Crippen molar-refractivity contribution in [2.45, 2.75) is 32.4 Å². The summed E-state index contributed by atoms with van der Waals surface area (Å²) in [6, 6.07) is 0.271. The van der Waals surface area contributed by atoms with E-state index in [4.69, 9.17) is 4.99 Å². The summed E-state index contributed by atoms with van der Waals surface area (Å²) >= 11 is 3.45. The number of thiophene rings is 1. The standard InChI is InChI=1S/C16H17N3OS2/c1-9(20)18-15-14(10-6-7-17-8-13(10)22-15)16-19-11-4-2-3-5-12(11)21-16/h2-3,5,11,17H,4,6-8H2,1H3,(H,18,20). The van der Waals surface area contributed by atoms with Crippen molar-refractivity contribution in [2.75, 3.05) is 11.9 Å². The Morgan fingerprint density at radius 1 is 1.50 bits per heavy atom. The molecule has 1 aromatic rings. The van der Waals surface area contributed by atoms with Crippen LogP contribution in [-0.4, -0.2) is 23.5 Å². The molecule has 0 saturated carbocycles. The number of hydrogen-bond donors (Lipinski definition) is 2. The van der Waals surface area contributed by atoms with Gasteiger partial charge in [-0.25, -0.2) is 0 Å². The largest absolute Gasteiger partial charge is 0.317 e. The van der Waals surface area contributed by atoms with Crippen molar-refractivity contribution >= 4 is 39.1 Å². The molecule has 2 aliphatic heterocycles. The molecule has 0 spiro atoms. The van der Waals surface area contributed by atoms with Gasteiger partial charge in [-0.1, -0.05) is 30.0 Å². The Bertz CT molecular complexity index is 730. The molecule has 0 saturated heterocycles. The second-order valence-electron chi connectivity index (χ2n) is 5.60. The monoisotopic (exact) mass is 331 g/mol. The van der Waals surface area contributed by atoms with Crippen LogP contribution in [0.4, 0.5) is 5.00 Å². The fourth-order valence-corrected chi connectivity index (χ4v) is 5.51. The Morgan fingerprint density at radius 3 is 3.23 bits per heavy atom. The maximum atomic E-state index is 11.6. The number of anilines is 1. The molecule has 0 fully saturated rings. The molecule has 22 heavy (non-hydrogen) atoms. The van der Waals surface area contributed by atoms with Crippen LogP contribution in [0, 0.1) is 0 Å². The highest BCUT2D eigenvalue weighted by atomic mass is 32.2. The molecule has 3 aliphatic rings. The third kappa shape index (κ3) is 2.45. The fraction of sp³-hybridized carbons (Fsp3) is 0.375. The summed E-state index contributed by atoms with van der Waals surface area (Å²) in [4.78, 5) is 19.1. The average Bonchev–Trinajstić information content (AvgIpc) is 3.06. The number of aliphatic imine (C=N–C) groups is 1. The number of rotatable bonds is 2. The van der Waals surface area contributed by atoms with Gasteiger partial charge in [0.15, 0.2) is 0 Å². The Labute approximate surface area is 137 Å². The van der Waals surface area contributed by atoms with Gasteiger partial charge in [-0.15, -0.1) is 11.3 Å². The summed E-state index contributed by atoms with van der Waals surface area (Å²) in [5, 5.41) is 8.45. The number of thioether (sulfide) groups is 1. The highest BCUT2D eigenvalue weighted by Crippen LogP contribution is 2.44. The molecule has 1 aliphatic carbocycles. The first-order chi connectivity index (χ1) is 10.7. The molecule has 1 amide bonds. The molecule has 2 N–H and O–H groups in total. The van der Waals surface area contributed by atoms with E-state index >= 15 is 0 Å². The van der Waals surface area contributed by atoms with Gasteiger partial charge in [0, 0.05) is 28.8 Å². The molecule has 114 valence electrons. The number of carbonyl (C=O) groups excluding carboxylic acids is 1. The Hall–Kier alpha value is -1.37. The number of amides is 1. The summed E-state index contributed by atoms with van der Waals surface area (Å²) in [5.41, 5.74) is 2.53. The zero-order valence-corrected chi connectivity index (χ0v) is 13.9. The van der Waals surface area contributed by atoms with Crippen molar-refractivity contribution in [3.63, 3.8) is 0 Å². The minimum atomic E-state index is -0.0188. The Balaban J connectivity index is 1.77. The first kappa shape index (κ1) is 14.2. The second-order valence-corrected chi connectivity index (χ2v) is 7.77. The van der Waals surface area contributed by atoms with Crippen molar-refractivity contribution in [3.8, 4) is 0 Å². The van der Waals surface area contributed by atoms with E-state index in [1.54, 1.807) is 30.0 Å². The fourth-order valence-electron chi connectivity index (χ4n) is 3.02. The van der Waals surface area contributed by atoms with Crippen LogP contribution in [0.3, 0.4) is 0 Å². The molecule has 0 radical (unpaired) electrons. The maximum Gasteiger partial charge on any atom is 0.221 e. The van der Waals surface area contributed by atoms with E-state index in [0.29, 0.717) is 0 Å². The van der Waals surface area contributed by atoms with E-state index in [0.717, 1.165) is 41.5 Å². The van der Waals surface area contributed by atoms with E-state index in [1.807, 2.05) is 0 Å². The van der Waals surface area contributed by atoms with Crippen LogP contribution in [0.2, 0.25) is 0 Å². The van der Waals surface area contributed by atoms with E-state index in [2.05, 4.69) is 28.9 Å². The summed E-state index contributed by atoms with van der Waals surface area (Å²) in [6.07, 6.45) is 8.42. The highest BCUT2D eigenvalue weighted by molar-refractivity contribution is 8.18. The Kier molecular flexibility index (Phi) is 3.68. The zero-order chi connectivity index (χ0) is 15.1. The van der Waals surface area contributed by atoms with Crippen molar-refractivity contribution in [1.82, 2.24) is 5.32 Å². The molecular formula is C16H17N3OS2. The first-order valence-electron chi connectivity index (χ1n) is 7.48. The maximum absolute atomic E-state index is 11.6. The molecular weight excluding hydrogens is 314 g/mol. The van der Waals surface area contributed by atoms with Crippen LogP contribution in [-0.2, 0) is 17.8 Å². The predicted octanol–water partition coefficient (Wildman–Crippen LogP) is 3.06. The summed E-state index contributed by atoms with van der Waals surface area (Å²) in [6.45, 7) is 3.44. The summed E-state index contributed by atoms with van der Waals surface area (Å²) in [5.74, 6) is -0.0188. The number of allylic oxidation sites excluding steroid dienone is 2. The molecule has 1 unspecified atom stereocenters. The van der Waals surface area contributed by atoms with Crippen molar-refractivity contribution < 1.29 is 4.79 Å². The van der Waals surface area contributed by atoms with Crippen LogP contribution < -0.4 is 10.6 Å². The molecule has 4 nitrogen and oxygen atoms in total. The van der Waals surface area contributed by atoms with Gasteiger partial charge in [0.25, 0.3) is 0 Å². The van der Waals surface area contributed by atoms with Crippen LogP contribution in [0.15, 0.2) is 28.1 Å². The lowest BCUT2D eigenvalue weighted by Crippen LogP contribution is -2.23. The molecule has 4 rings (SSSR count). The normalized spacial score (nSPS) is 22.7. The van der Waals surface area contributed by atoms with Gasteiger partial charge in [-0.2, -0.15) is 0 Å². The summed E-state index contributed by atoms with van der Waals surface area (Å²) in [7, 11) is 0. The molecule has 0 aromatic carbocycles. The minimum Gasteiger partial charge on any atom is -0.317 e.